The largest absolute Gasteiger partial charge is 0.497 e. The number of ether oxygens (including phenoxy) is 1. The van der Waals surface area contributed by atoms with Crippen LogP contribution in [-0.2, 0) is 16.4 Å². The van der Waals surface area contributed by atoms with E-state index in [4.69, 9.17) is 9.88 Å². The highest BCUT2D eigenvalue weighted by atomic mass is 32.2. The molecule has 0 spiro atoms. The van der Waals surface area contributed by atoms with Gasteiger partial charge in [-0.1, -0.05) is 12.1 Å². The van der Waals surface area contributed by atoms with Crippen LogP contribution in [-0.4, -0.2) is 39.5 Å². The van der Waals surface area contributed by atoms with Gasteiger partial charge in [0.15, 0.2) is 5.78 Å². The number of nitrogens with one attached hydrogen (secondary N) is 1. The van der Waals surface area contributed by atoms with E-state index in [9.17, 15) is 18.3 Å². The molecule has 3 rings (SSSR count). The van der Waals surface area contributed by atoms with Crippen molar-refractivity contribution in [2.75, 3.05) is 20.2 Å². The molecule has 0 aliphatic heterocycles. The third kappa shape index (κ3) is 4.84. The first-order valence-corrected chi connectivity index (χ1v) is 11.0. The van der Waals surface area contributed by atoms with Crippen LogP contribution in [0.4, 0.5) is 0 Å². The van der Waals surface area contributed by atoms with Gasteiger partial charge in [0.2, 0.25) is 10.0 Å². The molecule has 0 unspecified atom stereocenters. The molecule has 0 amide bonds. The van der Waals surface area contributed by atoms with E-state index in [2.05, 4.69) is 5.32 Å². The second-order valence-electron chi connectivity index (χ2n) is 7.37. The van der Waals surface area contributed by atoms with Crippen molar-refractivity contribution >= 4 is 15.8 Å². The number of methoxy groups -OCH3 is 1. The van der Waals surface area contributed by atoms with Crippen molar-refractivity contribution in [2.45, 2.75) is 30.8 Å². The zero-order chi connectivity index (χ0) is 21.2. The number of benzene rings is 2. The Labute approximate surface area is 170 Å². The Bertz CT molecular complexity index is 1020. The lowest BCUT2D eigenvalue weighted by Crippen LogP contribution is -2.34. The Balaban J connectivity index is 1.61. The van der Waals surface area contributed by atoms with Gasteiger partial charge in [-0.25, -0.2) is 13.6 Å². The molecule has 0 saturated carbocycles. The first-order valence-electron chi connectivity index (χ1n) is 9.44. The predicted octanol–water partition coefficient (Wildman–Crippen LogP) is 1.72. The van der Waals surface area contributed by atoms with Crippen LogP contribution in [0.3, 0.4) is 0 Å². The number of primary sulfonamides is 1. The minimum atomic E-state index is -3.85. The second kappa shape index (κ2) is 8.62. The van der Waals surface area contributed by atoms with E-state index >= 15 is 0 Å². The van der Waals surface area contributed by atoms with Gasteiger partial charge >= 0.3 is 0 Å². The number of hydrogen-bond donors (Lipinski definition) is 3. The number of fused-ring (bicyclic) bond motifs is 1. The number of nitrogens with two attached hydrogens (primary N) is 1. The fourth-order valence-electron chi connectivity index (χ4n) is 3.66. The molecule has 0 heterocycles. The number of sulfonamides is 1. The Morgan fingerprint density at radius 1 is 1.28 bits per heavy atom. The maximum Gasteiger partial charge on any atom is 0.238 e. The Morgan fingerprint density at radius 3 is 2.72 bits per heavy atom. The van der Waals surface area contributed by atoms with Crippen molar-refractivity contribution in [3.8, 4) is 5.75 Å². The maximum atomic E-state index is 12.7. The number of carbonyl (C=O) groups is 1. The third-order valence-corrected chi connectivity index (χ3v) is 6.40. The van der Waals surface area contributed by atoms with E-state index in [0.29, 0.717) is 17.7 Å². The van der Waals surface area contributed by atoms with Crippen molar-refractivity contribution in [2.24, 2.45) is 11.1 Å². The van der Waals surface area contributed by atoms with Crippen molar-refractivity contribution in [3.63, 3.8) is 0 Å². The molecule has 0 fully saturated rings. The summed E-state index contributed by atoms with van der Waals surface area (Å²) in [6.45, 7) is 2.29. The number of carbonyl (C=O) groups excluding carboxylic acids is 1. The zero-order valence-corrected chi connectivity index (χ0v) is 17.3. The van der Waals surface area contributed by atoms with Crippen molar-refractivity contribution in [3.05, 3.63) is 58.7 Å². The van der Waals surface area contributed by atoms with Gasteiger partial charge in [0, 0.05) is 24.6 Å². The van der Waals surface area contributed by atoms with Crippen molar-refractivity contribution in [1.82, 2.24) is 5.32 Å². The highest BCUT2D eigenvalue weighted by Gasteiger charge is 2.27. The van der Waals surface area contributed by atoms with Crippen LogP contribution in [0.25, 0.3) is 0 Å². The molecule has 1 aliphatic rings. The summed E-state index contributed by atoms with van der Waals surface area (Å²) >= 11 is 0. The molecule has 2 aromatic rings. The number of aliphatic hydroxyl groups is 1. The normalized spacial score (nSPS) is 17.7. The molecule has 29 heavy (non-hydrogen) atoms. The van der Waals surface area contributed by atoms with E-state index in [0.717, 1.165) is 29.7 Å². The summed E-state index contributed by atoms with van der Waals surface area (Å²) in [6, 6.07) is 10.2. The Hall–Kier alpha value is -2.26. The van der Waals surface area contributed by atoms with Gasteiger partial charge < -0.3 is 15.2 Å². The van der Waals surface area contributed by atoms with E-state index < -0.39 is 16.1 Å². The molecule has 2 atom stereocenters. The summed E-state index contributed by atoms with van der Waals surface area (Å²) in [7, 11) is -2.25. The van der Waals surface area contributed by atoms with Gasteiger partial charge in [-0.2, -0.15) is 0 Å². The number of aliphatic hydroxyl groups excluding tert-OH is 1. The molecule has 7 nitrogen and oxygen atoms in total. The lowest BCUT2D eigenvalue weighted by Gasteiger charge is -2.24. The monoisotopic (exact) mass is 418 g/mol. The lowest BCUT2D eigenvalue weighted by molar-refractivity contribution is 0.0894. The summed E-state index contributed by atoms with van der Waals surface area (Å²) in [5.41, 5.74) is 2.71. The summed E-state index contributed by atoms with van der Waals surface area (Å²) in [6.07, 6.45) is 0.608. The lowest BCUT2D eigenvalue weighted by atomic mass is 9.82. The maximum absolute atomic E-state index is 12.7. The molecule has 0 bridgehead atoms. The molecule has 4 N–H and O–H groups in total. The molecule has 156 valence electrons. The number of Topliss-reactive ketones (excluding diaryl/α,β-unsaturated/α-hetero) is 1. The smallest absolute Gasteiger partial charge is 0.238 e. The Morgan fingerprint density at radius 2 is 2.03 bits per heavy atom. The van der Waals surface area contributed by atoms with E-state index in [1.165, 1.54) is 6.07 Å². The number of hydrogen-bond acceptors (Lipinski definition) is 6. The van der Waals surface area contributed by atoms with Crippen molar-refractivity contribution < 1.29 is 23.1 Å². The van der Waals surface area contributed by atoms with Crippen LogP contribution in [0.2, 0.25) is 0 Å². The van der Waals surface area contributed by atoms with Gasteiger partial charge in [0.1, 0.15) is 5.75 Å². The van der Waals surface area contributed by atoms with E-state index in [-0.39, 0.29) is 23.1 Å². The van der Waals surface area contributed by atoms with E-state index in [1.807, 2.05) is 6.07 Å². The molecule has 2 aromatic carbocycles. The standard InChI is InChI=1S/C21H26N2O5S/c1-13-3-4-15(10-20(13)29(22,26)27)19(24)12-23-11-16-6-5-14-9-17(28-2)7-8-18(14)21(16)25/h3-4,7-10,16,19,23-24H,5-6,11-12H2,1-2H3,(H2,22,26,27)/t16-,19+/m1/s1. The molecule has 8 heteroatoms. The summed E-state index contributed by atoms with van der Waals surface area (Å²) in [5, 5.41) is 18.8. The van der Waals surface area contributed by atoms with Crippen LogP contribution in [0.5, 0.6) is 5.75 Å². The number of aryl methyl sites for hydroxylation is 2. The minimum Gasteiger partial charge on any atom is -0.497 e. The molecular formula is C21H26N2O5S. The number of rotatable bonds is 7. The van der Waals surface area contributed by atoms with Crippen LogP contribution in [0.1, 0.15) is 39.6 Å². The van der Waals surface area contributed by atoms with Gasteiger partial charge in [0.25, 0.3) is 0 Å². The number of ketones is 1. The van der Waals surface area contributed by atoms with Gasteiger partial charge in [0.05, 0.1) is 18.1 Å². The third-order valence-electron chi connectivity index (χ3n) is 5.34. The van der Waals surface area contributed by atoms with Crippen LogP contribution in [0, 0.1) is 12.8 Å². The topological polar surface area (TPSA) is 119 Å². The van der Waals surface area contributed by atoms with Crippen LogP contribution in [0.15, 0.2) is 41.3 Å². The van der Waals surface area contributed by atoms with Crippen molar-refractivity contribution in [1.29, 1.82) is 0 Å². The van der Waals surface area contributed by atoms with Crippen LogP contribution < -0.4 is 15.2 Å². The summed E-state index contributed by atoms with van der Waals surface area (Å²) in [4.78, 5) is 12.7. The Kier molecular flexibility index (Phi) is 6.38. The first-order chi connectivity index (χ1) is 13.7. The summed E-state index contributed by atoms with van der Waals surface area (Å²) in [5.74, 6) is 0.664. The molecule has 0 radical (unpaired) electrons. The molecule has 1 aliphatic carbocycles. The van der Waals surface area contributed by atoms with Crippen LogP contribution >= 0.6 is 0 Å². The van der Waals surface area contributed by atoms with Gasteiger partial charge in [-0.3, -0.25) is 4.79 Å². The van der Waals surface area contributed by atoms with Gasteiger partial charge in [-0.05, 0) is 60.7 Å². The average Bonchev–Trinajstić information content (AvgIpc) is 2.68. The van der Waals surface area contributed by atoms with E-state index in [1.54, 1.807) is 38.3 Å². The quantitative estimate of drug-likeness (QED) is 0.630. The molecule has 0 aromatic heterocycles. The SMILES string of the molecule is COc1ccc2c(c1)CC[C@H](CNC[C@H](O)c1ccc(C)c(S(N)(=O)=O)c1)C2=O. The van der Waals surface area contributed by atoms with Gasteiger partial charge in [-0.15, -0.1) is 0 Å². The fraction of sp³-hybridized carbons (Fsp3) is 0.381. The second-order valence-corrected chi connectivity index (χ2v) is 8.90. The summed E-state index contributed by atoms with van der Waals surface area (Å²) < 4.78 is 28.5. The highest BCUT2D eigenvalue weighted by Crippen LogP contribution is 2.28. The zero-order valence-electron chi connectivity index (χ0n) is 16.5. The molecular weight excluding hydrogens is 392 g/mol. The fourth-order valence-corrected chi connectivity index (χ4v) is 4.48. The average molecular weight is 419 g/mol. The minimum absolute atomic E-state index is 0.00328. The highest BCUT2D eigenvalue weighted by molar-refractivity contribution is 7.89. The molecule has 0 saturated heterocycles. The first kappa shape index (κ1) is 21.4. The predicted molar refractivity (Wildman–Crippen MR) is 110 cm³/mol.